The van der Waals surface area contributed by atoms with Gasteiger partial charge in [-0.1, -0.05) is 5.16 Å². The monoisotopic (exact) mass is 440 g/mol. The van der Waals surface area contributed by atoms with Crippen molar-refractivity contribution >= 4 is 11.9 Å². The number of likely N-dealkylation sites (N-methyl/N-ethyl adjacent to an activating group) is 1. The highest BCUT2D eigenvalue weighted by atomic mass is 16.5. The van der Waals surface area contributed by atoms with Crippen LogP contribution in [0.2, 0.25) is 0 Å². The van der Waals surface area contributed by atoms with Crippen molar-refractivity contribution in [2.45, 2.75) is 44.6 Å². The Morgan fingerprint density at radius 3 is 2.53 bits per heavy atom. The van der Waals surface area contributed by atoms with Gasteiger partial charge >= 0.3 is 0 Å². The number of piperidine rings is 1. The average molecular weight is 441 g/mol. The molecule has 5 heterocycles. The van der Waals surface area contributed by atoms with Gasteiger partial charge in [-0.2, -0.15) is 0 Å². The molecule has 0 saturated carbocycles. The maximum atomic E-state index is 12.8. The fourth-order valence-electron chi connectivity index (χ4n) is 4.88. The largest absolute Gasteiger partial charge is 0.368 e. The Morgan fingerprint density at radius 2 is 1.88 bits per heavy atom. The first-order valence-electron chi connectivity index (χ1n) is 11.7. The predicted molar refractivity (Wildman–Crippen MR) is 120 cm³/mol. The molecule has 1 amide bonds. The minimum Gasteiger partial charge on any atom is -0.368 e. The van der Waals surface area contributed by atoms with Crippen LogP contribution >= 0.6 is 0 Å². The van der Waals surface area contributed by atoms with E-state index in [-0.39, 0.29) is 17.9 Å². The molecular formula is C23H32N6O3. The van der Waals surface area contributed by atoms with Gasteiger partial charge in [0.25, 0.3) is 5.91 Å². The Labute approximate surface area is 188 Å². The molecule has 0 aliphatic carbocycles. The van der Waals surface area contributed by atoms with Crippen LogP contribution in [0, 0.1) is 6.92 Å². The number of aryl methyl sites for hydroxylation is 1. The number of aromatic nitrogens is 3. The van der Waals surface area contributed by atoms with Gasteiger partial charge in [-0.3, -0.25) is 4.79 Å². The Kier molecular flexibility index (Phi) is 6.10. The molecular weight excluding hydrogens is 408 g/mol. The fraction of sp³-hybridized carbons (Fsp3) is 0.652. The summed E-state index contributed by atoms with van der Waals surface area (Å²) in [6.07, 6.45) is 5.20. The molecule has 2 aromatic heterocycles. The minimum absolute atomic E-state index is 0.146. The lowest BCUT2D eigenvalue weighted by atomic mass is 9.90. The fourth-order valence-corrected chi connectivity index (χ4v) is 4.88. The van der Waals surface area contributed by atoms with Gasteiger partial charge in [-0.15, -0.1) is 0 Å². The molecule has 3 aliphatic rings. The van der Waals surface area contributed by atoms with E-state index in [0.717, 1.165) is 87.9 Å². The van der Waals surface area contributed by atoms with Gasteiger partial charge in [0, 0.05) is 64.1 Å². The van der Waals surface area contributed by atoms with Crippen LogP contribution in [-0.2, 0) is 9.53 Å². The second kappa shape index (κ2) is 9.15. The first-order valence-corrected chi connectivity index (χ1v) is 11.7. The number of rotatable bonds is 4. The molecule has 2 aromatic rings. The van der Waals surface area contributed by atoms with Crippen LogP contribution < -0.4 is 4.90 Å². The average Bonchev–Trinajstić information content (AvgIpc) is 3.51. The zero-order chi connectivity index (χ0) is 22.1. The Bertz CT molecular complexity index is 941. The Balaban J connectivity index is 1.37. The highest BCUT2D eigenvalue weighted by Gasteiger charge is 2.33. The van der Waals surface area contributed by atoms with E-state index in [2.05, 4.69) is 22.0 Å². The van der Waals surface area contributed by atoms with E-state index in [1.165, 1.54) is 0 Å². The second-order valence-electron chi connectivity index (χ2n) is 9.19. The number of nitrogens with zero attached hydrogens (tertiary/aromatic N) is 6. The zero-order valence-corrected chi connectivity index (χ0v) is 19.0. The Hall–Kier alpha value is -2.52. The van der Waals surface area contributed by atoms with Gasteiger partial charge in [0.15, 0.2) is 5.76 Å². The number of hydrogen-bond donors (Lipinski definition) is 0. The molecule has 0 spiro atoms. The van der Waals surface area contributed by atoms with E-state index >= 15 is 0 Å². The van der Waals surface area contributed by atoms with E-state index in [1.54, 1.807) is 0 Å². The summed E-state index contributed by atoms with van der Waals surface area (Å²) < 4.78 is 11.2. The first-order chi connectivity index (χ1) is 15.6. The molecule has 0 unspecified atom stereocenters. The topological polar surface area (TPSA) is 87.8 Å². The van der Waals surface area contributed by atoms with Gasteiger partial charge in [0.1, 0.15) is 6.10 Å². The number of piperazine rings is 1. The van der Waals surface area contributed by atoms with Gasteiger partial charge in [-0.25, -0.2) is 9.97 Å². The van der Waals surface area contributed by atoms with E-state index in [9.17, 15) is 4.79 Å². The van der Waals surface area contributed by atoms with Crippen molar-refractivity contribution in [1.29, 1.82) is 0 Å². The molecule has 5 rings (SSSR count). The summed E-state index contributed by atoms with van der Waals surface area (Å²) in [5.41, 5.74) is 2.76. The number of carbonyl (C=O) groups is 1. The highest BCUT2D eigenvalue weighted by Crippen LogP contribution is 2.35. The summed E-state index contributed by atoms with van der Waals surface area (Å²) in [7, 11) is 2.14. The summed E-state index contributed by atoms with van der Waals surface area (Å²) >= 11 is 0. The summed E-state index contributed by atoms with van der Waals surface area (Å²) in [5.74, 6) is 1.89. The number of hydrogen-bond acceptors (Lipinski definition) is 8. The van der Waals surface area contributed by atoms with Crippen molar-refractivity contribution in [3.8, 4) is 11.3 Å². The maximum absolute atomic E-state index is 12.8. The van der Waals surface area contributed by atoms with Crippen LogP contribution in [0.5, 0.6) is 0 Å². The maximum Gasteiger partial charge on any atom is 0.251 e. The number of anilines is 1. The smallest absolute Gasteiger partial charge is 0.251 e. The highest BCUT2D eigenvalue weighted by molar-refractivity contribution is 5.81. The van der Waals surface area contributed by atoms with Crippen molar-refractivity contribution in [3.63, 3.8) is 0 Å². The van der Waals surface area contributed by atoms with Gasteiger partial charge in [0.05, 0.1) is 17.0 Å². The van der Waals surface area contributed by atoms with E-state index in [4.69, 9.17) is 19.2 Å². The molecule has 3 aliphatic heterocycles. The van der Waals surface area contributed by atoms with Crippen LogP contribution in [0.1, 0.15) is 43.0 Å². The number of ether oxygens (including phenoxy) is 1. The van der Waals surface area contributed by atoms with Crippen LogP contribution in [0.15, 0.2) is 16.8 Å². The van der Waals surface area contributed by atoms with Crippen LogP contribution in [-0.4, -0.2) is 89.9 Å². The van der Waals surface area contributed by atoms with Crippen LogP contribution in [0.25, 0.3) is 11.3 Å². The van der Waals surface area contributed by atoms with E-state index in [0.29, 0.717) is 12.4 Å². The molecule has 32 heavy (non-hydrogen) atoms. The van der Waals surface area contributed by atoms with Crippen molar-refractivity contribution in [2.75, 3.05) is 57.8 Å². The summed E-state index contributed by atoms with van der Waals surface area (Å²) in [6.45, 7) is 7.93. The molecule has 0 N–H and O–H groups in total. The second-order valence-corrected chi connectivity index (χ2v) is 9.19. The van der Waals surface area contributed by atoms with Crippen molar-refractivity contribution in [1.82, 2.24) is 24.9 Å². The van der Waals surface area contributed by atoms with Crippen LogP contribution in [0.3, 0.4) is 0 Å². The molecule has 9 nitrogen and oxygen atoms in total. The molecule has 9 heteroatoms. The number of amides is 1. The number of carbonyl (C=O) groups excluding carboxylic acids is 1. The first kappa shape index (κ1) is 21.3. The third kappa shape index (κ3) is 4.36. The van der Waals surface area contributed by atoms with Crippen LogP contribution in [0.4, 0.5) is 5.95 Å². The minimum atomic E-state index is -0.248. The molecule has 1 atom stereocenters. The lowest BCUT2D eigenvalue weighted by molar-refractivity contribution is -0.142. The van der Waals surface area contributed by atoms with Gasteiger partial charge in [-0.05, 0) is 39.7 Å². The Morgan fingerprint density at radius 1 is 1.09 bits per heavy atom. The number of likely N-dealkylation sites (tertiary alicyclic amines) is 1. The van der Waals surface area contributed by atoms with E-state index in [1.807, 2.05) is 24.1 Å². The molecule has 0 aromatic carbocycles. The van der Waals surface area contributed by atoms with E-state index < -0.39 is 0 Å². The van der Waals surface area contributed by atoms with Crippen molar-refractivity contribution < 1.29 is 14.1 Å². The lowest BCUT2D eigenvalue weighted by Gasteiger charge is -2.35. The van der Waals surface area contributed by atoms with Gasteiger partial charge < -0.3 is 24.0 Å². The molecule has 3 fully saturated rings. The summed E-state index contributed by atoms with van der Waals surface area (Å²) in [5, 5.41) is 4.07. The zero-order valence-electron chi connectivity index (χ0n) is 19.0. The van der Waals surface area contributed by atoms with Gasteiger partial charge in [0.2, 0.25) is 5.95 Å². The summed E-state index contributed by atoms with van der Waals surface area (Å²) in [4.78, 5) is 29.1. The quantitative estimate of drug-likeness (QED) is 0.714. The molecule has 172 valence electrons. The predicted octanol–water partition coefficient (Wildman–Crippen LogP) is 2.08. The third-order valence-electron chi connectivity index (χ3n) is 6.88. The molecule has 3 saturated heterocycles. The molecule has 0 radical (unpaired) electrons. The van der Waals surface area contributed by atoms with Crippen molar-refractivity contribution in [3.05, 3.63) is 23.7 Å². The SMILES string of the molecule is Cc1cc(-c2cnc(N3CCN(C)CC3)nc2C2CCN(C(=O)[C@H]3CCCO3)CC2)on1. The third-order valence-corrected chi connectivity index (χ3v) is 6.88. The van der Waals surface area contributed by atoms with Crippen molar-refractivity contribution in [2.24, 2.45) is 0 Å². The molecule has 0 bridgehead atoms. The lowest BCUT2D eigenvalue weighted by Crippen LogP contribution is -2.45. The normalized spacial score (nSPS) is 23.1. The standard InChI is InChI=1S/C23H32N6O3/c1-16-14-20(32-26-16)18-15-24-23(29-11-9-27(2)10-12-29)25-21(18)17-5-7-28(8-6-17)22(30)19-4-3-13-31-19/h14-15,17,19H,3-13H2,1-2H3/t19-/m1/s1. The summed E-state index contributed by atoms with van der Waals surface area (Å²) in [6, 6.07) is 1.94.